The van der Waals surface area contributed by atoms with E-state index in [9.17, 15) is 14.7 Å². The number of carbonyl (C=O) groups excluding carboxylic acids is 2. The topological polar surface area (TPSA) is 60.4 Å². The molecule has 0 unspecified atom stereocenters. The first-order valence-electron chi connectivity index (χ1n) is 7.47. The van der Waals surface area contributed by atoms with Gasteiger partial charge in [-0.05, 0) is 18.8 Å². The lowest BCUT2D eigenvalue weighted by atomic mass is 9.87. The Morgan fingerprint density at radius 2 is 1.75 bits per heavy atom. The Bertz CT molecular complexity index is 385. The van der Waals surface area contributed by atoms with Crippen LogP contribution in [0.4, 0.5) is 0 Å². The maximum atomic E-state index is 12.7. The van der Waals surface area contributed by atoms with Crippen LogP contribution in [0.2, 0.25) is 0 Å². The molecule has 114 valence electrons. The molecule has 2 fully saturated rings. The van der Waals surface area contributed by atoms with Crippen LogP contribution in [-0.4, -0.2) is 33.9 Å². The molecule has 4 nitrogen and oxygen atoms in total. The third-order valence-electron chi connectivity index (χ3n) is 4.24. The fraction of sp³-hybridized carbons (Fsp3) is 0.867. The predicted molar refractivity (Wildman–Crippen MR) is 77.9 cm³/mol. The molecule has 1 saturated carbocycles. The Kier molecular flexibility index (Phi) is 4.67. The molecule has 2 rings (SSSR count). The lowest BCUT2D eigenvalue weighted by Gasteiger charge is -2.39. The average Bonchev–Trinajstić information content (AvgIpc) is 2.82. The molecule has 0 spiro atoms. The van der Waals surface area contributed by atoms with Crippen LogP contribution in [0.1, 0.15) is 52.9 Å². The van der Waals surface area contributed by atoms with Gasteiger partial charge < -0.3 is 14.8 Å². The lowest BCUT2D eigenvalue weighted by molar-refractivity contribution is -0.310. The molecule has 1 aliphatic carbocycles. The largest absolute Gasteiger partial charge is 0.548 e. The Morgan fingerprint density at radius 1 is 1.15 bits per heavy atom. The Hall–Kier alpha value is -0.710. The van der Waals surface area contributed by atoms with Crippen molar-refractivity contribution in [1.29, 1.82) is 0 Å². The van der Waals surface area contributed by atoms with Gasteiger partial charge in [0.05, 0.1) is 17.4 Å². The SMILES string of the molecule is CC(C)(C)C(=O)N1[C@@H](C(=O)[O-])CS[C@@H]1C1CCCCC1. The van der Waals surface area contributed by atoms with Crippen molar-refractivity contribution in [3.8, 4) is 0 Å². The number of thioether (sulfide) groups is 1. The molecule has 0 N–H and O–H groups in total. The summed E-state index contributed by atoms with van der Waals surface area (Å²) in [5, 5.41) is 11.4. The van der Waals surface area contributed by atoms with E-state index >= 15 is 0 Å². The molecular weight excluding hydrogens is 274 g/mol. The number of hydrogen-bond donors (Lipinski definition) is 0. The standard InChI is InChI=1S/C15H25NO3S/c1-15(2,3)14(19)16-11(13(17)18)9-20-12(16)10-7-5-4-6-8-10/h10-12H,4-9H2,1-3H3,(H,17,18)/p-1/t11-,12-/m1/s1. The van der Waals surface area contributed by atoms with E-state index in [0.717, 1.165) is 12.8 Å². The second kappa shape index (κ2) is 5.96. The first-order valence-corrected chi connectivity index (χ1v) is 8.52. The van der Waals surface area contributed by atoms with Crippen molar-refractivity contribution >= 4 is 23.6 Å². The number of amides is 1. The van der Waals surface area contributed by atoms with E-state index in [2.05, 4.69) is 0 Å². The van der Waals surface area contributed by atoms with E-state index in [1.165, 1.54) is 19.3 Å². The fourth-order valence-electron chi connectivity index (χ4n) is 3.14. The molecule has 0 radical (unpaired) electrons. The average molecular weight is 298 g/mol. The first-order chi connectivity index (χ1) is 9.32. The Balaban J connectivity index is 2.22. The number of carbonyl (C=O) groups is 2. The maximum absolute atomic E-state index is 12.7. The van der Waals surface area contributed by atoms with Crippen LogP contribution in [0.25, 0.3) is 0 Å². The summed E-state index contributed by atoms with van der Waals surface area (Å²) in [6, 6.07) is -0.765. The van der Waals surface area contributed by atoms with Crippen LogP contribution in [0.15, 0.2) is 0 Å². The van der Waals surface area contributed by atoms with Crippen molar-refractivity contribution < 1.29 is 14.7 Å². The third-order valence-corrected chi connectivity index (χ3v) is 5.70. The van der Waals surface area contributed by atoms with Crippen LogP contribution < -0.4 is 5.11 Å². The van der Waals surface area contributed by atoms with Crippen LogP contribution in [0.3, 0.4) is 0 Å². The molecule has 0 bridgehead atoms. The number of carboxylic acid groups (broad SMARTS) is 1. The van der Waals surface area contributed by atoms with Crippen molar-refractivity contribution in [2.75, 3.05) is 5.75 Å². The van der Waals surface area contributed by atoms with Gasteiger partial charge in [0.15, 0.2) is 0 Å². The van der Waals surface area contributed by atoms with Gasteiger partial charge >= 0.3 is 0 Å². The molecular formula is C15H24NO3S-. The van der Waals surface area contributed by atoms with Gasteiger partial charge in [-0.25, -0.2) is 0 Å². The smallest absolute Gasteiger partial charge is 0.229 e. The van der Waals surface area contributed by atoms with Crippen molar-refractivity contribution in [3.05, 3.63) is 0 Å². The molecule has 1 amide bonds. The summed E-state index contributed by atoms with van der Waals surface area (Å²) >= 11 is 1.62. The number of carboxylic acids is 1. The summed E-state index contributed by atoms with van der Waals surface area (Å²) in [7, 11) is 0. The highest BCUT2D eigenvalue weighted by Gasteiger charge is 2.45. The summed E-state index contributed by atoms with van der Waals surface area (Å²) in [6.45, 7) is 5.55. The second-order valence-electron chi connectivity index (χ2n) is 6.92. The zero-order chi connectivity index (χ0) is 14.9. The highest BCUT2D eigenvalue weighted by Crippen LogP contribution is 2.42. The van der Waals surface area contributed by atoms with E-state index in [1.54, 1.807) is 16.7 Å². The molecule has 1 saturated heterocycles. The minimum absolute atomic E-state index is 0.0184. The highest BCUT2D eigenvalue weighted by molar-refractivity contribution is 8.00. The van der Waals surface area contributed by atoms with Gasteiger partial charge in [-0.15, -0.1) is 11.8 Å². The number of rotatable bonds is 2. The molecule has 2 aliphatic rings. The molecule has 0 aromatic rings. The predicted octanol–water partition coefficient (Wildman–Crippen LogP) is 1.63. The molecule has 1 aliphatic heterocycles. The van der Waals surface area contributed by atoms with Crippen molar-refractivity contribution in [1.82, 2.24) is 4.90 Å². The number of hydrogen-bond acceptors (Lipinski definition) is 4. The van der Waals surface area contributed by atoms with Gasteiger partial charge in [0.2, 0.25) is 5.91 Å². The molecule has 0 aromatic carbocycles. The maximum Gasteiger partial charge on any atom is 0.229 e. The van der Waals surface area contributed by atoms with E-state index in [1.807, 2.05) is 20.8 Å². The summed E-state index contributed by atoms with van der Waals surface area (Å²) < 4.78 is 0. The van der Waals surface area contributed by atoms with Crippen molar-refractivity contribution in [3.63, 3.8) is 0 Å². The van der Waals surface area contributed by atoms with Gasteiger partial charge in [-0.1, -0.05) is 40.0 Å². The van der Waals surface area contributed by atoms with Crippen LogP contribution in [0.5, 0.6) is 0 Å². The first kappa shape index (κ1) is 15.7. The van der Waals surface area contributed by atoms with E-state index in [0.29, 0.717) is 11.7 Å². The summed E-state index contributed by atoms with van der Waals surface area (Å²) in [5.41, 5.74) is -0.550. The van der Waals surface area contributed by atoms with Crippen LogP contribution in [0, 0.1) is 11.3 Å². The van der Waals surface area contributed by atoms with Gasteiger partial charge in [0.25, 0.3) is 0 Å². The van der Waals surface area contributed by atoms with Crippen LogP contribution in [-0.2, 0) is 9.59 Å². The zero-order valence-electron chi connectivity index (χ0n) is 12.6. The zero-order valence-corrected chi connectivity index (χ0v) is 13.4. The van der Waals surface area contributed by atoms with Gasteiger partial charge in [-0.3, -0.25) is 4.79 Å². The van der Waals surface area contributed by atoms with E-state index < -0.39 is 17.4 Å². The minimum atomic E-state index is -1.12. The third kappa shape index (κ3) is 3.13. The fourth-order valence-corrected chi connectivity index (χ4v) is 4.76. The normalized spacial score (nSPS) is 28.6. The van der Waals surface area contributed by atoms with Gasteiger partial charge in [0, 0.05) is 11.2 Å². The van der Waals surface area contributed by atoms with Crippen molar-refractivity contribution in [2.45, 2.75) is 64.3 Å². The molecule has 0 aromatic heterocycles. The summed E-state index contributed by atoms with van der Waals surface area (Å²) in [4.78, 5) is 25.6. The Labute approximate surface area is 125 Å². The van der Waals surface area contributed by atoms with Gasteiger partial charge in [0.1, 0.15) is 0 Å². The molecule has 20 heavy (non-hydrogen) atoms. The summed E-state index contributed by atoms with van der Waals surface area (Å²) in [5.74, 6) is -0.282. The highest BCUT2D eigenvalue weighted by atomic mass is 32.2. The summed E-state index contributed by atoms with van der Waals surface area (Å²) in [6.07, 6.45) is 5.84. The lowest BCUT2D eigenvalue weighted by Crippen LogP contribution is -2.55. The minimum Gasteiger partial charge on any atom is -0.548 e. The van der Waals surface area contributed by atoms with Crippen LogP contribution >= 0.6 is 11.8 Å². The quantitative estimate of drug-likeness (QED) is 0.777. The van der Waals surface area contributed by atoms with E-state index in [4.69, 9.17) is 0 Å². The molecule has 5 heteroatoms. The van der Waals surface area contributed by atoms with Gasteiger partial charge in [-0.2, -0.15) is 0 Å². The van der Waals surface area contributed by atoms with E-state index in [-0.39, 0.29) is 11.3 Å². The second-order valence-corrected chi connectivity index (χ2v) is 8.07. The Morgan fingerprint density at radius 3 is 2.25 bits per heavy atom. The van der Waals surface area contributed by atoms with Crippen molar-refractivity contribution in [2.24, 2.45) is 11.3 Å². The number of aliphatic carboxylic acids is 1. The number of nitrogens with zero attached hydrogens (tertiary/aromatic N) is 1. The monoisotopic (exact) mass is 298 g/mol. The molecule has 1 heterocycles. The molecule has 2 atom stereocenters.